The van der Waals surface area contributed by atoms with Crippen molar-refractivity contribution >= 4 is 35.1 Å². The van der Waals surface area contributed by atoms with Gasteiger partial charge in [0.15, 0.2) is 23.9 Å². The van der Waals surface area contributed by atoms with Crippen LogP contribution in [0.15, 0.2) is 18.2 Å². The molecular weight excluding hydrogens is 336 g/mol. The monoisotopic (exact) mass is 348 g/mol. The van der Waals surface area contributed by atoms with E-state index >= 15 is 0 Å². The summed E-state index contributed by atoms with van der Waals surface area (Å²) in [4.78, 5) is 23.3. The Morgan fingerprint density at radius 2 is 2.25 bits per heavy atom. The zero-order chi connectivity index (χ0) is 17.7. The lowest BCUT2D eigenvalue weighted by Gasteiger charge is -2.06. The van der Waals surface area contributed by atoms with Crippen molar-refractivity contribution < 1.29 is 23.8 Å². The number of ketones is 1. The molecule has 0 amide bonds. The molecular formula is C16H13ClN2O5. The third kappa shape index (κ3) is 4.12. The van der Waals surface area contributed by atoms with E-state index in [-0.39, 0.29) is 12.5 Å². The van der Waals surface area contributed by atoms with Gasteiger partial charge in [0.1, 0.15) is 5.92 Å². The van der Waals surface area contributed by atoms with Crippen LogP contribution in [0.2, 0.25) is 5.02 Å². The summed E-state index contributed by atoms with van der Waals surface area (Å²) in [6, 6.07) is 4.93. The molecule has 1 unspecified atom stereocenters. The fourth-order valence-electron chi connectivity index (χ4n) is 1.93. The Balaban J connectivity index is 1.94. The average Bonchev–Trinajstić information content (AvgIpc) is 3.00. The van der Waals surface area contributed by atoms with Gasteiger partial charge in [0.05, 0.1) is 11.1 Å². The first-order valence-corrected chi connectivity index (χ1v) is 7.21. The second-order valence-corrected chi connectivity index (χ2v) is 5.30. The second kappa shape index (κ2) is 7.62. The van der Waals surface area contributed by atoms with Gasteiger partial charge >= 0.3 is 5.97 Å². The van der Waals surface area contributed by atoms with Crippen molar-refractivity contribution in [2.24, 2.45) is 5.92 Å². The number of halogens is 1. The molecule has 0 aromatic heterocycles. The first-order valence-electron chi connectivity index (χ1n) is 6.83. The van der Waals surface area contributed by atoms with Gasteiger partial charge in [-0.05, 0) is 30.7 Å². The topological polar surface area (TPSA) is 109 Å². The summed E-state index contributed by atoms with van der Waals surface area (Å²) in [7, 11) is 0. The predicted octanol–water partition coefficient (Wildman–Crippen LogP) is 2.37. The van der Waals surface area contributed by atoms with E-state index in [1.807, 2.05) is 0 Å². The minimum atomic E-state index is -1.20. The Labute approximate surface area is 142 Å². The molecule has 1 heterocycles. The van der Waals surface area contributed by atoms with E-state index < -0.39 is 24.3 Å². The number of hydrogen-bond donors (Lipinski definition) is 1. The van der Waals surface area contributed by atoms with Crippen molar-refractivity contribution in [3.63, 3.8) is 0 Å². The summed E-state index contributed by atoms with van der Waals surface area (Å²) in [5, 5.41) is 16.4. The molecule has 0 bridgehead atoms. The number of carbonyl (C=O) groups excluding carboxylic acids is 2. The molecule has 1 aromatic rings. The molecule has 8 heteroatoms. The zero-order valence-electron chi connectivity index (χ0n) is 12.7. The molecule has 1 aliphatic rings. The maximum Gasteiger partial charge on any atom is 0.331 e. The number of ether oxygens (including phenoxy) is 3. The van der Waals surface area contributed by atoms with Crippen LogP contribution in [0.3, 0.4) is 0 Å². The van der Waals surface area contributed by atoms with Crippen LogP contribution in [0.25, 0.3) is 6.08 Å². The van der Waals surface area contributed by atoms with E-state index in [0.717, 1.165) is 6.08 Å². The number of carbonyl (C=O) groups is 2. The van der Waals surface area contributed by atoms with Crippen molar-refractivity contribution in [2.75, 3.05) is 13.4 Å². The molecule has 0 spiro atoms. The van der Waals surface area contributed by atoms with Gasteiger partial charge in [0, 0.05) is 11.8 Å². The average molecular weight is 349 g/mol. The molecule has 2 rings (SSSR count). The quantitative estimate of drug-likeness (QED) is 0.480. The van der Waals surface area contributed by atoms with Crippen molar-refractivity contribution in [3.05, 3.63) is 28.8 Å². The van der Waals surface area contributed by atoms with Crippen LogP contribution in [-0.4, -0.2) is 30.9 Å². The minimum Gasteiger partial charge on any atom is -0.454 e. The molecule has 1 atom stereocenters. The molecule has 0 saturated carbocycles. The third-order valence-electron chi connectivity index (χ3n) is 3.10. The predicted molar refractivity (Wildman–Crippen MR) is 85.1 cm³/mol. The van der Waals surface area contributed by atoms with E-state index in [1.54, 1.807) is 18.2 Å². The van der Waals surface area contributed by atoms with Gasteiger partial charge < -0.3 is 19.6 Å². The number of benzene rings is 1. The highest BCUT2D eigenvalue weighted by molar-refractivity contribution is 6.32. The largest absolute Gasteiger partial charge is 0.454 e. The van der Waals surface area contributed by atoms with Gasteiger partial charge in [-0.1, -0.05) is 11.6 Å². The first kappa shape index (κ1) is 17.5. The lowest BCUT2D eigenvalue weighted by Crippen LogP contribution is -2.25. The van der Waals surface area contributed by atoms with Crippen molar-refractivity contribution in [2.45, 2.75) is 6.92 Å². The number of fused-ring (bicyclic) bond motifs is 1. The number of nitriles is 1. The van der Waals surface area contributed by atoms with Gasteiger partial charge in [0.2, 0.25) is 6.79 Å². The summed E-state index contributed by atoms with van der Waals surface area (Å²) in [6.07, 6.45) is 2.57. The Morgan fingerprint density at radius 3 is 2.92 bits per heavy atom. The number of nitrogens with zero attached hydrogens (tertiary/aromatic N) is 1. The second-order valence-electron chi connectivity index (χ2n) is 4.89. The van der Waals surface area contributed by atoms with Gasteiger partial charge in [-0.3, -0.25) is 4.79 Å². The Morgan fingerprint density at radius 1 is 1.50 bits per heavy atom. The molecule has 7 nitrogen and oxygen atoms in total. The van der Waals surface area contributed by atoms with Crippen LogP contribution in [0, 0.1) is 22.7 Å². The molecule has 1 N–H and O–H groups in total. The maximum atomic E-state index is 11.7. The molecule has 0 radical (unpaired) electrons. The summed E-state index contributed by atoms with van der Waals surface area (Å²) in [5.41, 5.74) is 0.502. The van der Waals surface area contributed by atoms with Crippen LogP contribution >= 0.6 is 11.6 Å². The van der Waals surface area contributed by atoms with Gasteiger partial charge in [-0.2, -0.15) is 5.26 Å². The number of rotatable bonds is 6. The molecule has 1 aromatic carbocycles. The summed E-state index contributed by atoms with van der Waals surface area (Å²) in [5.74, 6) is -1.67. The standard InChI is InChI=1S/C16H13ClN2O5/c1-9(19)11(6-18)13(20)7-22-15(21)3-2-10-4-12(17)16-14(5-10)23-8-24-16/h2-5,11,19H,7-8H2,1H3/b3-2+,19-9?. The number of esters is 1. The van der Waals surface area contributed by atoms with E-state index in [0.29, 0.717) is 22.1 Å². The third-order valence-corrected chi connectivity index (χ3v) is 3.38. The van der Waals surface area contributed by atoms with Crippen LogP contribution in [0.4, 0.5) is 0 Å². The Hall–Kier alpha value is -2.85. The summed E-state index contributed by atoms with van der Waals surface area (Å²) >= 11 is 6.02. The van der Waals surface area contributed by atoms with Crippen molar-refractivity contribution in [1.29, 1.82) is 10.7 Å². The van der Waals surface area contributed by atoms with Crippen LogP contribution in [0.1, 0.15) is 12.5 Å². The minimum absolute atomic E-state index is 0.0822. The maximum absolute atomic E-state index is 11.7. The fourth-order valence-corrected chi connectivity index (χ4v) is 2.21. The van der Waals surface area contributed by atoms with Crippen molar-refractivity contribution in [3.8, 4) is 17.6 Å². The lowest BCUT2D eigenvalue weighted by atomic mass is 10.0. The first-order chi connectivity index (χ1) is 11.4. The summed E-state index contributed by atoms with van der Waals surface area (Å²) in [6.45, 7) is 0.856. The lowest BCUT2D eigenvalue weighted by molar-refractivity contribution is -0.143. The molecule has 0 saturated heterocycles. The highest BCUT2D eigenvalue weighted by atomic mass is 35.5. The van der Waals surface area contributed by atoms with Gasteiger partial charge in [-0.15, -0.1) is 0 Å². The number of nitrogens with one attached hydrogen (secondary N) is 1. The number of hydrogen-bond acceptors (Lipinski definition) is 7. The molecule has 1 aliphatic heterocycles. The van der Waals surface area contributed by atoms with Gasteiger partial charge in [0.25, 0.3) is 0 Å². The smallest absolute Gasteiger partial charge is 0.331 e. The SMILES string of the molecule is CC(=N)C(C#N)C(=O)COC(=O)/C=C/c1cc(Cl)c2c(c1)OCO2. The van der Waals surface area contributed by atoms with E-state index in [1.165, 1.54) is 13.0 Å². The molecule has 0 fully saturated rings. The van der Waals surface area contributed by atoms with Crippen molar-refractivity contribution in [1.82, 2.24) is 0 Å². The zero-order valence-corrected chi connectivity index (χ0v) is 13.4. The molecule has 124 valence electrons. The molecule has 24 heavy (non-hydrogen) atoms. The van der Waals surface area contributed by atoms with E-state index in [2.05, 4.69) is 0 Å². The summed E-state index contributed by atoms with van der Waals surface area (Å²) < 4.78 is 15.2. The van der Waals surface area contributed by atoms with Crippen LogP contribution in [0.5, 0.6) is 11.5 Å². The number of Topliss-reactive ketones (excluding diaryl/α,β-unsaturated/α-hetero) is 1. The Bertz CT molecular complexity index is 766. The van der Waals surface area contributed by atoms with E-state index in [9.17, 15) is 9.59 Å². The highest BCUT2D eigenvalue weighted by Crippen LogP contribution is 2.40. The van der Waals surface area contributed by atoms with Crippen LogP contribution < -0.4 is 9.47 Å². The van der Waals surface area contributed by atoms with E-state index in [4.69, 9.17) is 36.5 Å². The highest BCUT2D eigenvalue weighted by Gasteiger charge is 2.21. The van der Waals surface area contributed by atoms with Gasteiger partial charge in [-0.25, -0.2) is 4.79 Å². The normalized spacial score (nSPS) is 13.4. The Kier molecular flexibility index (Phi) is 5.55. The van der Waals surface area contributed by atoms with Crippen LogP contribution in [-0.2, 0) is 14.3 Å². The fraction of sp³-hybridized carbons (Fsp3) is 0.250. The molecule has 0 aliphatic carbocycles.